The normalized spacial score (nSPS) is 13.7. The third-order valence-electron chi connectivity index (χ3n) is 4.86. The Bertz CT molecular complexity index is 998. The van der Waals surface area contributed by atoms with Gasteiger partial charge in [0.05, 0.1) is 23.0 Å². The highest BCUT2D eigenvalue weighted by atomic mass is 16.5. The van der Waals surface area contributed by atoms with Crippen LogP contribution in [0.15, 0.2) is 23.0 Å². The van der Waals surface area contributed by atoms with E-state index in [9.17, 15) is 19.2 Å². The number of nitrogens with zero attached hydrogens (tertiary/aromatic N) is 2. The van der Waals surface area contributed by atoms with Crippen LogP contribution in [0, 0.1) is 0 Å². The van der Waals surface area contributed by atoms with Crippen LogP contribution in [0.25, 0.3) is 10.9 Å². The Morgan fingerprint density at radius 3 is 2.72 bits per heavy atom. The Labute approximate surface area is 167 Å². The number of fused-ring (bicyclic) bond motifs is 2. The molecule has 0 saturated carbocycles. The zero-order valence-corrected chi connectivity index (χ0v) is 16.3. The molecule has 0 unspecified atom stereocenters. The van der Waals surface area contributed by atoms with E-state index >= 15 is 0 Å². The molecule has 29 heavy (non-hydrogen) atoms. The van der Waals surface area contributed by atoms with Gasteiger partial charge in [-0.05, 0) is 31.0 Å². The van der Waals surface area contributed by atoms with Crippen LogP contribution in [0.3, 0.4) is 0 Å². The first-order valence-electron chi connectivity index (χ1n) is 9.67. The standard InChI is InChI=1S/C20H24N4O5/c1-21-17(25)11-22-18(26)12-29-20(28)13-7-8-14-15(10-13)23-16-6-4-2-3-5-9-24(16)19(14)27/h7-8,10H,2-6,9,11-12H2,1H3,(H,21,25)(H,22,26). The largest absolute Gasteiger partial charge is 0.452 e. The number of rotatable bonds is 5. The van der Waals surface area contributed by atoms with Crippen molar-refractivity contribution in [2.45, 2.75) is 38.6 Å². The molecule has 1 aliphatic heterocycles. The van der Waals surface area contributed by atoms with Gasteiger partial charge in [0.25, 0.3) is 11.5 Å². The predicted octanol–water partition coefficient (Wildman–Crippen LogP) is 0.532. The lowest BCUT2D eigenvalue weighted by molar-refractivity contribution is -0.127. The molecule has 0 fully saturated rings. The molecule has 154 valence electrons. The van der Waals surface area contributed by atoms with Gasteiger partial charge in [-0.2, -0.15) is 0 Å². The lowest BCUT2D eigenvalue weighted by Gasteiger charge is -2.16. The Morgan fingerprint density at radius 2 is 1.93 bits per heavy atom. The number of amides is 2. The van der Waals surface area contributed by atoms with Crippen LogP contribution in [-0.2, 0) is 27.3 Å². The minimum absolute atomic E-state index is 0.0969. The molecule has 0 saturated heterocycles. The van der Waals surface area contributed by atoms with E-state index in [1.54, 1.807) is 10.6 Å². The zero-order chi connectivity index (χ0) is 20.8. The average Bonchev–Trinajstić information content (AvgIpc) is 2.71. The summed E-state index contributed by atoms with van der Waals surface area (Å²) in [4.78, 5) is 52.4. The molecule has 1 aliphatic rings. The van der Waals surface area contributed by atoms with Crippen molar-refractivity contribution < 1.29 is 19.1 Å². The maximum atomic E-state index is 12.8. The molecular formula is C20H24N4O5. The van der Waals surface area contributed by atoms with Crippen LogP contribution in [0.2, 0.25) is 0 Å². The van der Waals surface area contributed by atoms with Crippen molar-refractivity contribution in [3.8, 4) is 0 Å². The van der Waals surface area contributed by atoms with Gasteiger partial charge in [0, 0.05) is 20.0 Å². The number of ether oxygens (including phenoxy) is 1. The highest BCUT2D eigenvalue weighted by Gasteiger charge is 2.16. The number of hydrogen-bond donors (Lipinski definition) is 2. The second-order valence-corrected chi connectivity index (χ2v) is 6.91. The summed E-state index contributed by atoms with van der Waals surface area (Å²) in [5, 5.41) is 5.16. The second-order valence-electron chi connectivity index (χ2n) is 6.91. The topological polar surface area (TPSA) is 119 Å². The van der Waals surface area contributed by atoms with Gasteiger partial charge in [-0.1, -0.05) is 12.8 Å². The fraction of sp³-hybridized carbons (Fsp3) is 0.450. The molecule has 1 aromatic carbocycles. The average molecular weight is 400 g/mol. The van der Waals surface area contributed by atoms with Crippen molar-refractivity contribution in [2.24, 2.45) is 0 Å². The SMILES string of the molecule is CNC(=O)CNC(=O)COC(=O)c1ccc2c(=O)n3c(nc2c1)CCCCCC3. The van der Waals surface area contributed by atoms with E-state index < -0.39 is 18.5 Å². The monoisotopic (exact) mass is 400 g/mol. The molecule has 1 aromatic heterocycles. The summed E-state index contributed by atoms with van der Waals surface area (Å²) in [6, 6.07) is 4.58. The number of esters is 1. The maximum Gasteiger partial charge on any atom is 0.338 e. The van der Waals surface area contributed by atoms with Crippen LogP contribution < -0.4 is 16.2 Å². The van der Waals surface area contributed by atoms with E-state index in [2.05, 4.69) is 15.6 Å². The van der Waals surface area contributed by atoms with Gasteiger partial charge in [0.15, 0.2) is 6.61 Å². The third-order valence-corrected chi connectivity index (χ3v) is 4.86. The molecule has 0 bridgehead atoms. The highest BCUT2D eigenvalue weighted by molar-refractivity contribution is 5.95. The number of carbonyl (C=O) groups excluding carboxylic acids is 3. The number of hydrogen-bond acceptors (Lipinski definition) is 6. The summed E-state index contributed by atoms with van der Waals surface area (Å²) in [5.74, 6) is -0.899. The van der Waals surface area contributed by atoms with Gasteiger partial charge in [-0.3, -0.25) is 19.0 Å². The Kier molecular flexibility index (Phi) is 6.58. The van der Waals surface area contributed by atoms with E-state index in [1.807, 2.05) is 0 Å². The second kappa shape index (κ2) is 9.31. The fourth-order valence-electron chi connectivity index (χ4n) is 3.25. The smallest absolute Gasteiger partial charge is 0.338 e. The van der Waals surface area contributed by atoms with Crippen molar-refractivity contribution in [3.63, 3.8) is 0 Å². The number of carbonyl (C=O) groups is 3. The quantitative estimate of drug-likeness (QED) is 0.707. The van der Waals surface area contributed by atoms with Gasteiger partial charge >= 0.3 is 5.97 Å². The summed E-state index contributed by atoms with van der Waals surface area (Å²) in [6.45, 7) is -0.0396. The van der Waals surface area contributed by atoms with E-state index in [0.29, 0.717) is 17.4 Å². The molecule has 0 radical (unpaired) electrons. The lowest BCUT2D eigenvalue weighted by Crippen LogP contribution is -2.37. The molecule has 3 rings (SSSR count). The van der Waals surface area contributed by atoms with Crippen LogP contribution >= 0.6 is 0 Å². The Morgan fingerprint density at radius 1 is 1.14 bits per heavy atom. The van der Waals surface area contributed by atoms with E-state index in [1.165, 1.54) is 19.2 Å². The van der Waals surface area contributed by atoms with E-state index in [0.717, 1.165) is 37.9 Å². The van der Waals surface area contributed by atoms with Crippen molar-refractivity contribution in [3.05, 3.63) is 39.9 Å². The van der Waals surface area contributed by atoms with Crippen molar-refractivity contribution >= 4 is 28.7 Å². The fourth-order valence-corrected chi connectivity index (χ4v) is 3.25. The summed E-state index contributed by atoms with van der Waals surface area (Å²) < 4.78 is 6.72. The summed E-state index contributed by atoms with van der Waals surface area (Å²) in [6.07, 6.45) is 4.87. The molecule has 2 aromatic rings. The summed E-state index contributed by atoms with van der Waals surface area (Å²) >= 11 is 0. The zero-order valence-electron chi connectivity index (χ0n) is 16.3. The molecule has 9 heteroatoms. The molecule has 0 aliphatic carbocycles. The number of benzene rings is 1. The minimum Gasteiger partial charge on any atom is -0.452 e. The van der Waals surface area contributed by atoms with Crippen molar-refractivity contribution in [2.75, 3.05) is 20.2 Å². The first-order chi connectivity index (χ1) is 14.0. The molecular weight excluding hydrogens is 376 g/mol. The summed E-state index contributed by atoms with van der Waals surface area (Å²) in [5.41, 5.74) is 0.556. The number of nitrogens with one attached hydrogen (secondary N) is 2. The minimum atomic E-state index is -0.698. The van der Waals surface area contributed by atoms with Crippen molar-refractivity contribution in [1.29, 1.82) is 0 Å². The Hall–Kier alpha value is -3.23. The van der Waals surface area contributed by atoms with Crippen LogP contribution in [0.5, 0.6) is 0 Å². The van der Waals surface area contributed by atoms with Gasteiger partial charge in [0.1, 0.15) is 5.82 Å². The molecule has 2 amide bonds. The summed E-state index contributed by atoms with van der Waals surface area (Å²) in [7, 11) is 1.45. The number of likely N-dealkylation sites (N-methyl/N-ethyl adjacent to an activating group) is 1. The predicted molar refractivity (Wildman–Crippen MR) is 106 cm³/mol. The molecule has 9 nitrogen and oxygen atoms in total. The van der Waals surface area contributed by atoms with Crippen LogP contribution in [-0.4, -0.2) is 47.5 Å². The lowest BCUT2D eigenvalue weighted by atomic mass is 10.1. The van der Waals surface area contributed by atoms with Crippen molar-refractivity contribution in [1.82, 2.24) is 20.2 Å². The highest BCUT2D eigenvalue weighted by Crippen LogP contribution is 2.16. The first kappa shape index (κ1) is 20.5. The molecule has 2 N–H and O–H groups in total. The third kappa shape index (κ3) is 4.98. The number of aromatic nitrogens is 2. The van der Waals surface area contributed by atoms with Crippen LogP contribution in [0.4, 0.5) is 0 Å². The molecule has 0 spiro atoms. The van der Waals surface area contributed by atoms with Gasteiger partial charge < -0.3 is 15.4 Å². The van der Waals surface area contributed by atoms with Crippen LogP contribution in [0.1, 0.15) is 41.9 Å². The van der Waals surface area contributed by atoms with Gasteiger partial charge in [-0.25, -0.2) is 9.78 Å². The van der Waals surface area contributed by atoms with E-state index in [-0.39, 0.29) is 23.6 Å². The molecule has 2 heterocycles. The van der Waals surface area contributed by atoms with Gasteiger partial charge in [-0.15, -0.1) is 0 Å². The van der Waals surface area contributed by atoms with E-state index in [4.69, 9.17) is 4.74 Å². The first-order valence-corrected chi connectivity index (χ1v) is 9.67. The van der Waals surface area contributed by atoms with Gasteiger partial charge in [0.2, 0.25) is 5.91 Å². The number of aryl methyl sites for hydroxylation is 1. The Balaban J connectivity index is 1.74. The molecule has 0 atom stereocenters. The maximum absolute atomic E-state index is 12.8.